The normalized spacial score (nSPS) is 18.9. The summed E-state index contributed by atoms with van der Waals surface area (Å²) in [4.78, 5) is 26.4. The molecule has 27 heavy (non-hydrogen) atoms. The molecule has 0 N–H and O–H groups in total. The van der Waals surface area contributed by atoms with Crippen molar-refractivity contribution < 1.29 is 23.2 Å². The van der Waals surface area contributed by atoms with Crippen LogP contribution in [-0.2, 0) is 23.2 Å². The predicted octanol–water partition coefficient (Wildman–Crippen LogP) is 3.57. The molecule has 1 aromatic rings. The Balaban J connectivity index is 2.35. The van der Waals surface area contributed by atoms with Gasteiger partial charge in [0.25, 0.3) is 5.91 Å². The molecule has 7 heteroatoms. The fraction of sp³-hybridized carbons (Fsp3) is 0.300. The van der Waals surface area contributed by atoms with Crippen LogP contribution in [0.25, 0.3) is 5.57 Å². The Hall–Kier alpha value is -2.27. The third-order valence-electron chi connectivity index (χ3n) is 4.63. The first-order valence-corrected chi connectivity index (χ1v) is 10.3. The highest BCUT2D eigenvalue weighted by Crippen LogP contribution is 2.66. The second-order valence-electron chi connectivity index (χ2n) is 6.18. The number of nitrogens with zero attached hydrogens (tertiary/aromatic N) is 1. The van der Waals surface area contributed by atoms with Crippen molar-refractivity contribution in [1.82, 2.24) is 4.90 Å². The lowest BCUT2D eigenvalue weighted by molar-refractivity contribution is -0.124. The molecular weight excluding hydrogens is 365 g/mol. The highest BCUT2D eigenvalue weighted by atomic mass is 31.2. The number of likely N-dealkylation sites (N-methyl/N-ethyl adjacent to an activating group) is 1. The van der Waals surface area contributed by atoms with Gasteiger partial charge < -0.3 is 13.9 Å². The van der Waals surface area contributed by atoms with Crippen molar-refractivity contribution >= 4 is 24.9 Å². The number of benzene rings is 1. The van der Waals surface area contributed by atoms with Crippen molar-refractivity contribution in [3.8, 4) is 0 Å². The van der Waals surface area contributed by atoms with E-state index in [0.29, 0.717) is 5.56 Å². The van der Waals surface area contributed by atoms with Crippen LogP contribution in [0.15, 0.2) is 60.0 Å². The van der Waals surface area contributed by atoms with Crippen LogP contribution >= 0.6 is 7.60 Å². The maximum atomic E-state index is 13.8. The molecule has 0 atom stereocenters. The molecule has 0 saturated carbocycles. The van der Waals surface area contributed by atoms with E-state index >= 15 is 0 Å². The Labute approximate surface area is 158 Å². The van der Waals surface area contributed by atoms with E-state index in [2.05, 4.69) is 0 Å². The summed E-state index contributed by atoms with van der Waals surface area (Å²) in [5, 5.41) is 0.248. The highest BCUT2D eigenvalue weighted by molar-refractivity contribution is 7.59. The fourth-order valence-corrected chi connectivity index (χ4v) is 5.68. The average Bonchev–Trinajstić information content (AvgIpc) is 2.88. The van der Waals surface area contributed by atoms with E-state index in [0.717, 1.165) is 0 Å². The quantitative estimate of drug-likeness (QED) is 0.698. The summed E-state index contributed by atoms with van der Waals surface area (Å²) in [6, 6.07) is 9.01. The van der Waals surface area contributed by atoms with Crippen molar-refractivity contribution in [2.45, 2.75) is 19.4 Å². The van der Waals surface area contributed by atoms with Gasteiger partial charge in [-0.05, 0) is 43.7 Å². The standard InChI is InChI=1S/C20H22NO5P/c1-4-25-27(24,26-5-2)18-17(15-9-7-6-8-10-15)19(23)21(3)20(18)13-11-16(22)12-14-20/h6-14H,4-5H2,1-3H3. The van der Waals surface area contributed by atoms with E-state index in [-0.39, 0.29) is 35.8 Å². The summed E-state index contributed by atoms with van der Waals surface area (Å²) in [7, 11) is -2.20. The summed E-state index contributed by atoms with van der Waals surface area (Å²) in [6.07, 6.45) is 5.92. The average molecular weight is 387 g/mol. The minimum absolute atomic E-state index is 0.156. The summed E-state index contributed by atoms with van der Waals surface area (Å²) >= 11 is 0. The molecule has 2 aliphatic rings. The third kappa shape index (κ3) is 3.14. The molecule has 142 valence electrons. The molecule has 0 fully saturated rings. The first-order chi connectivity index (χ1) is 12.9. The molecule has 0 saturated heterocycles. The number of hydrogen-bond donors (Lipinski definition) is 0. The molecule has 6 nitrogen and oxygen atoms in total. The number of ketones is 1. The molecule has 1 aromatic carbocycles. The van der Waals surface area contributed by atoms with Crippen LogP contribution in [0.1, 0.15) is 19.4 Å². The maximum Gasteiger partial charge on any atom is 0.361 e. The van der Waals surface area contributed by atoms with Crippen LogP contribution in [0.3, 0.4) is 0 Å². The predicted molar refractivity (Wildman–Crippen MR) is 103 cm³/mol. The van der Waals surface area contributed by atoms with Gasteiger partial charge in [-0.1, -0.05) is 30.3 Å². The van der Waals surface area contributed by atoms with Crippen molar-refractivity contribution in [1.29, 1.82) is 0 Å². The zero-order valence-corrected chi connectivity index (χ0v) is 16.4. The number of carbonyl (C=O) groups is 2. The molecular formula is C20H22NO5P. The largest absolute Gasteiger partial charge is 0.361 e. The monoisotopic (exact) mass is 387 g/mol. The molecule has 0 aromatic heterocycles. The molecule has 0 radical (unpaired) electrons. The zero-order valence-electron chi connectivity index (χ0n) is 15.5. The van der Waals surface area contributed by atoms with Gasteiger partial charge in [-0.2, -0.15) is 0 Å². The highest BCUT2D eigenvalue weighted by Gasteiger charge is 2.56. The summed E-state index contributed by atoms with van der Waals surface area (Å²) < 4.78 is 25.0. The SMILES string of the molecule is CCOP(=O)(OCC)C1=C(c2ccccc2)C(=O)N(C)C12C=CC(=O)C=C2. The summed E-state index contributed by atoms with van der Waals surface area (Å²) in [5.74, 6) is -0.504. The van der Waals surface area contributed by atoms with Gasteiger partial charge in [0.15, 0.2) is 5.78 Å². The molecule has 1 spiro atoms. The first kappa shape index (κ1) is 19.5. The fourth-order valence-electron chi connectivity index (χ4n) is 3.43. The number of hydrogen-bond acceptors (Lipinski definition) is 5. The molecule has 0 bridgehead atoms. The van der Waals surface area contributed by atoms with E-state index in [1.165, 1.54) is 17.1 Å². The van der Waals surface area contributed by atoms with Crippen molar-refractivity contribution in [3.05, 3.63) is 65.5 Å². The molecule has 3 rings (SSSR count). The van der Waals surface area contributed by atoms with Crippen LogP contribution in [0.4, 0.5) is 0 Å². The second kappa shape index (κ2) is 7.39. The van der Waals surface area contributed by atoms with Gasteiger partial charge in [-0.3, -0.25) is 14.2 Å². The van der Waals surface area contributed by atoms with Crippen molar-refractivity contribution in [2.24, 2.45) is 0 Å². The smallest absolute Gasteiger partial charge is 0.324 e. The third-order valence-corrected chi connectivity index (χ3v) is 6.95. The van der Waals surface area contributed by atoms with Crippen LogP contribution in [0.5, 0.6) is 0 Å². The summed E-state index contributed by atoms with van der Waals surface area (Å²) in [5.41, 5.74) is -0.262. The maximum absolute atomic E-state index is 13.8. The van der Waals surface area contributed by atoms with E-state index in [1.54, 1.807) is 57.3 Å². The van der Waals surface area contributed by atoms with E-state index in [1.807, 2.05) is 6.07 Å². The minimum Gasteiger partial charge on any atom is -0.324 e. The lowest BCUT2D eigenvalue weighted by Gasteiger charge is -2.36. The number of carbonyl (C=O) groups excluding carboxylic acids is 2. The minimum atomic E-state index is -3.81. The van der Waals surface area contributed by atoms with Crippen LogP contribution in [0, 0.1) is 0 Å². The lowest BCUT2D eigenvalue weighted by Crippen LogP contribution is -2.44. The van der Waals surface area contributed by atoms with Crippen LogP contribution in [0.2, 0.25) is 0 Å². The van der Waals surface area contributed by atoms with Gasteiger partial charge in [0.05, 0.1) is 24.1 Å². The lowest BCUT2D eigenvalue weighted by atomic mass is 9.92. The molecule has 1 amide bonds. The van der Waals surface area contributed by atoms with Gasteiger partial charge >= 0.3 is 7.60 Å². The van der Waals surface area contributed by atoms with E-state index < -0.39 is 13.1 Å². The number of amides is 1. The molecule has 1 aliphatic heterocycles. The number of allylic oxidation sites excluding steroid dienone is 2. The first-order valence-electron chi connectivity index (χ1n) is 8.80. The van der Waals surface area contributed by atoms with Gasteiger partial charge in [0.1, 0.15) is 5.54 Å². The Morgan fingerprint density at radius 1 is 1.00 bits per heavy atom. The van der Waals surface area contributed by atoms with Crippen LogP contribution in [-0.4, -0.2) is 42.4 Å². The van der Waals surface area contributed by atoms with E-state index in [4.69, 9.17) is 9.05 Å². The van der Waals surface area contributed by atoms with Crippen molar-refractivity contribution in [3.63, 3.8) is 0 Å². The summed E-state index contributed by atoms with van der Waals surface area (Å²) in [6.45, 7) is 3.75. The zero-order chi connectivity index (χ0) is 19.7. The van der Waals surface area contributed by atoms with Gasteiger partial charge in [0.2, 0.25) is 0 Å². The van der Waals surface area contributed by atoms with E-state index in [9.17, 15) is 14.2 Å². The molecule has 1 aliphatic carbocycles. The van der Waals surface area contributed by atoms with Gasteiger partial charge in [0, 0.05) is 7.05 Å². The van der Waals surface area contributed by atoms with Gasteiger partial charge in [-0.15, -0.1) is 0 Å². The molecule has 0 unspecified atom stereocenters. The Morgan fingerprint density at radius 2 is 1.56 bits per heavy atom. The topological polar surface area (TPSA) is 72.9 Å². The molecule has 1 heterocycles. The van der Waals surface area contributed by atoms with Crippen LogP contribution < -0.4 is 0 Å². The van der Waals surface area contributed by atoms with Gasteiger partial charge in [-0.25, -0.2) is 0 Å². The Kier molecular flexibility index (Phi) is 5.33. The number of rotatable bonds is 6. The Bertz CT molecular complexity index is 874. The van der Waals surface area contributed by atoms with Crippen molar-refractivity contribution in [2.75, 3.05) is 20.3 Å². The second-order valence-corrected chi connectivity index (χ2v) is 8.14. The Morgan fingerprint density at radius 3 is 2.07 bits per heavy atom.